The van der Waals surface area contributed by atoms with E-state index in [0.29, 0.717) is 18.9 Å². The Morgan fingerprint density at radius 3 is 2.44 bits per heavy atom. The highest BCUT2D eigenvalue weighted by Crippen LogP contribution is 2.29. The summed E-state index contributed by atoms with van der Waals surface area (Å²) in [6.45, 7) is 7.19. The summed E-state index contributed by atoms with van der Waals surface area (Å²) in [7, 11) is 0. The summed E-state index contributed by atoms with van der Waals surface area (Å²) in [5.41, 5.74) is -0.834. The van der Waals surface area contributed by atoms with Gasteiger partial charge in [-0.3, -0.25) is 4.79 Å². The van der Waals surface area contributed by atoms with Crippen LogP contribution < -0.4 is 0 Å². The molecule has 0 saturated heterocycles. The summed E-state index contributed by atoms with van der Waals surface area (Å²) in [5.74, 6) is 0.676. The van der Waals surface area contributed by atoms with Crippen LogP contribution in [0.4, 0.5) is 0 Å². The van der Waals surface area contributed by atoms with E-state index in [1.165, 1.54) is 19.3 Å². The smallest absolute Gasteiger partial charge is 0.242 e. The van der Waals surface area contributed by atoms with Crippen LogP contribution in [0.2, 0.25) is 0 Å². The fraction of sp³-hybridized carbons (Fsp3) is 0.846. The summed E-state index contributed by atoms with van der Waals surface area (Å²) in [6, 6.07) is 2.16. The first kappa shape index (κ1) is 13.0. The summed E-state index contributed by atoms with van der Waals surface area (Å²) < 4.78 is 0. The standard InChI is InChI=1S/C13H22N2O/c1-4-13(3,10-14)12(16)15(5-2)9-11-7-6-8-11/h11H,4-9H2,1-3H3. The Morgan fingerprint density at radius 1 is 1.50 bits per heavy atom. The van der Waals surface area contributed by atoms with Gasteiger partial charge < -0.3 is 4.90 Å². The van der Waals surface area contributed by atoms with Crippen molar-refractivity contribution in [2.75, 3.05) is 13.1 Å². The highest BCUT2D eigenvalue weighted by atomic mass is 16.2. The van der Waals surface area contributed by atoms with E-state index in [-0.39, 0.29) is 5.91 Å². The molecule has 1 aliphatic rings. The maximum atomic E-state index is 12.2. The van der Waals surface area contributed by atoms with Crippen molar-refractivity contribution in [3.05, 3.63) is 0 Å². The second kappa shape index (κ2) is 5.34. The largest absolute Gasteiger partial charge is 0.341 e. The van der Waals surface area contributed by atoms with E-state index in [4.69, 9.17) is 5.26 Å². The van der Waals surface area contributed by atoms with Crippen molar-refractivity contribution in [3.63, 3.8) is 0 Å². The molecule has 0 radical (unpaired) electrons. The fourth-order valence-corrected chi connectivity index (χ4v) is 1.97. The van der Waals surface area contributed by atoms with E-state index >= 15 is 0 Å². The highest BCUT2D eigenvalue weighted by Gasteiger charge is 2.35. The first-order valence-electron chi connectivity index (χ1n) is 6.28. The summed E-state index contributed by atoms with van der Waals surface area (Å²) >= 11 is 0. The molecule has 0 heterocycles. The second-order valence-electron chi connectivity index (χ2n) is 4.94. The molecular weight excluding hydrogens is 200 g/mol. The minimum absolute atomic E-state index is 0.00639. The molecule has 0 aromatic rings. The van der Waals surface area contributed by atoms with E-state index in [2.05, 4.69) is 6.07 Å². The minimum Gasteiger partial charge on any atom is -0.341 e. The average Bonchev–Trinajstić information content (AvgIpc) is 2.26. The van der Waals surface area contributed by atoms with Gasteiger partial charge in [0.05, 0.1) is 6.07 Å². The number of amides is 1. The lowest BCUT2D eigenvalue weighted by Gasteiger charge is -2.34. The van der Waals surface area contributed by atoms with Gasteiger partial charge in [-0.05, 0) is 39.0 Å². The molecule has 1 saturated carbocycles. The van der Waals surface area contributed by atoms with Gasteiger partial charge in [-0.15, -0.1) is 0 Å². The molecule has 1 atom stereocenters. The van der Waals surface area contributed by atoms with Crippen LogP contribution in [0.1, 0.15) is 46.5 Å². The van der Waals surface area contributed by atoms with E-state index in [0.717, 1.165) is 6.54 Å². The third-order valence-corrected chi connectivity index (χ3v) is 3.80. The van der Waals surface area contributed by atoms with Crippen LogP contribution >= 0.6 is 0 Å². The SMILES string of the molecule is CCN(CC1CCC1)C(=O)C(C)(C#N)CC. The van der Waals surface area contributed by atoms with Crippen LogP contribution in [-0.4, -0.2) is 23.9 Å². The average molecular weight is 222 g/mol. The molecule has 16 heavy (non-hydrogen) atoms. The van der Waals surface area contributed by atoms with Crippen molar-refractivity contribution < 1.29 is 4.79 Å². The second-order valence-corrected chi connectivity index (χ2v) is 4.94. The molecule has 0 aromatic carbocycles. The summed E-state index contributed by atoms with van der Waals surface area (Å²) in [4.78, 5) is 14.1. The third-order valence-electron chi connectivity index (χ3n) is 3.80. The molecule has 1 fully saturated rings. The van der Waals surface area contributed by atoms with Crippen molar-refractivity contribution in [3.8, 4) is 6.07 Å². The molecule has 1 amide bonds. The fourth-order valence-electron chi connectivity index (χ4n) is 1.97. The third kappa shape index (κ3) is 2.55. The van der Waals surface area contributed by atoms with Crippen LogP contribution in [0.15, 0.2) is 0 Å². The predicted octanol–water partition coefficient (Wildman–Crippen LogP) is 2.57. The van der Waals surface area contributed by atoms with Crippen molar-refractivity contribution in [2.45, 2.75) is 46.5 Å². The Balaban J connectivity index is 2.64. The normalized spacial score (nSPS) is 19.4. The lowest BCUT2D eigenvalue weighted by atomic mass is 9.83. The van der Waals surface area contributed by atoms with Gasteiger partial charge in [0.25, 0.3) is 0 Å². The molecule has 0 aromatic heterocycles. The van der Waals surface area contributed by atoms with Crippen LogP contribution in [0, 0.1) is 22.7 Å². The molecule has 0 spiro atoms. The van der Waals surface area contributed by atoms with Crippen LogP contribution in [0.5, 0.6) is 0 Å². The molecule has 90 valence electrons. The first-order valence-corrected chi connectivity index (χ1v) is 6.28. The van der Waals surface area contributed by atoms with Gasteiger partial charge in [-0.2, -0.15) is 5.26 Å². The number of carbonyl (C=O) groups is 1. The zero-order chi connectivity index (χ0) is 12.2. The first-order chi connectivity index (χ1) is 7.57. The van der Waals surface area contributed by atoms with Crippen molar-refractivity contribution in [2.24, 2.45) is 11.3 Å². The number of nitriles is 1. The zero-order valence-corrected chi connectivity index (χ0v) is 10.6. The Hall–Kier alpha value is -1.04. The molecule has 1 rings (SSSR count). The number of hydrogen-bond acceptors (Lipinski definition) is 2. The lowest BCUT2D eigenvalue weighted by molar-refractivity contribution is -0.139. The number of hydrogen-bond donors (Lipinski definition) is 0. The zero-order valence-electron chi connectivity index (χ0n) is 10.6. The van der Waals surface area contributed by atoms with E-state index in [9.17, 15) is 4.79 Å². The van der Waals surface area contributed by atoms with Crippen molar-refractivity contribution >= 4 is 5.91 Å². The quantitative estimate of drug-likeness (QED) is 0.717. The molecule has 0 N–H and O–H groups in total. The molecule has 0 bridgehead atoms. The van der Waals surface area contributed by atoms with Gasteiger partial charge in [0.1, 0.15) is 5.41 Å². The van der Waals surface area contributed by atoms with Crippen molar-refractivity contribution in [1.29, 1.82) is 5.26 Å². The van der Waals surface area contributed by atoms with Gasteiger partial charge in [-0.1, -0.05) is 13.3 Å². The van der Waals surface area contributed by atoms with Crippen LogP contribution in [-0.2, 0) is 4.79 Å². The Morgan fingerprint density at radius 2 is 2.12 bits per heavy atom. The number of nitrogens with zero attached hydrogens (tertiary/aromatic N) is 2. The van der Waals surface area contributed by atoms with Gasteiger partial charge in [0.2, 0.25) is 5.91 Å². The van der Waals surface area contributed by atoms with Crippen LogP contribution in [0.25, 0.3) is 0 Å². The minimum atomic E-state index is -0.834. The van der Waals surface area contributed by atoms with Gasteiger partial charge in [0.15, 0.2) is 0 Å². The number of rotatable bonds is 5. The van der Waals surface area contributed by atoms with Gasteiger partial charge in [-0.25, -0.2) is 0 Å². The maximum Gasteiger partial charge on any atom is 0.242 e. The molecular formula is C13H22N2O. The van der Waals surface area contributed by atoms with Gasteiger partial charge >= 0.3 is 0 Å². The van der Waals surface area contributed by atoms with E-state index < -0.39 is 5.41 Å². The van der Waals surface area contributed by atoms with Crippen molar-refractivity contribution in [1.82, 2.24) is 4.90 Å². The molecule has 0 aliphatic heterocycles. The molecule has 1 unspecified atom stereocenters. The maximum absolute atomic E-state index is 12.2. The molecule has 3 nitrogen and oxygen atoms in total. The van der Waals surface area contributed by atoms with E-state index in [1.54, 1.807) is 6.92 Å². The summed E-state index contributed by atoms with van der Waals surface area (Å²) in [5, 5.41) is 9.11. The highest BCUT2D eigenvalue weighted by molar-refractivity contribution is 5.85. The van der Waals surface area contributed by atoms with Crippen LogP contribution in [0.3, 0.4) is 0 Å². The number of carbonyl (C=O) groups excluding carboxylic acids is 1. The Kier molecular flexibility index (Phi) is 4.35. The molecule has 1 aliphatic carbocycles. The Bertz CT molecular complexity index is 291. The lowest BCUT2D eigenvalue weighted by Crippen LogP contribution is -2.44. The predicted molar refractivity (Wildman–Crippen MR) is 63.6 cm³/mol. The topological polar surface area (TPSA) is 44.1 Å². The van der Waals surface area contributed by atoms with Gasteiger partial charge in [0, 0.05) is 13.1 Å². The summed E-state index contributed by atoms with van der Waals surface area (Å²) in [6.07, 6.45) is 4.35. The molecule has 3 heteroatoms. The monoisotopic (exact) mass is 222 g/mol. The Labute approximate surface area is 98.4 Å². The van der Waals surface area contributed by atoms with E-state index in [1.807, 2.05) is 18.7 Å².